The molecule has 4 nitrogen and oxygen atoms in total. The monoisotopic (exact) mass is 407 g/mol. The van der Waals surface area contributed by atoms with E-state index in [-0.39, 0.29) is 6.54 Å². The molecule has 6 unspecified atom stereocenters. The Morgan fingerprint density at radius 2 is 2.10 bits per heavy atom. The fourth-order valence-electron chi connectivity index (χ4n) is 7.33. The van der Waals surface area contributed by atoms with Gasteiger partial charge in [-0.3, -0.25) is 4.68 Å². The van der Waals surface area contributed by atoms with Crippen LogP contribution in [0.25, 0.3) is 0 Å². The quantitative estimate of drug-likeness (QED) is 0.451. The number of nitrogens with zero attached hydrogens (tertiary/aromatic N) is 3. The van der Waals surface area contributed by atoms with E-state index in [0.29, 0.717) is 16.4 Å². The van der Waals surface area contributed by atoms with Crippen molar-refractivity contribution in [3.63, 3.8) is 0 Å². The van der Waals surface area contributed by atoms with Crippen LogP contribution in [0.2, 0.25) is 0 Å². The minimum Gasteiger partial charge on any atom is -0.301 e. The molecule has 0 bridgehead atoms. The molecule has 0 aromatic carbocycles. The molecule has 4 aliphatic rings. The second-order valence-corrected chi connectivity index (χ2v) is 10.9. The van der Waals surface area contributed by atoms with Gasteiger partial charge in [0.15, 0.2) is 0 Å². The van der Waals surface area contributed by atoms with Gasteiger partial charge >= 0.3 is 0 Å². The van der Waals surface area contributed by atoms with Crippen molar-refractivity contribution in [1.82, 2.24) is 9.78 Å². The van der Waals surface area contributed by atoms with Gasteiger partial charge in [-0.05, 0) is 85.9 Å². The predicted molar refractivity (Wildman–Crippen MR) is 118 cm³/mol. The number of fused-ring (bicyclic) bond motifs is 5. The van der Waals surface area contributed by atoms with E-state index in [2.05, 4.69) is 31.9 Å². The number of aldehydes is 1. The van der Waals surface area contributed by atoms with E-state index in [4.69, 9.17) is 5.26 Å². The topological polar surface area (TPSA) is 58.7 Å². The first-order chi connectivity index (χ1) is 14.4. The highest BCUT2D eigenvalue weighted by atomic mass is 16.1. The van der Waals surface area contributed by atoms with Gasteiger partial charge in [0, 0.05) is 6.20 Å². The number of carbonyl (C=O) groups excluding carboxylic acids is 1. The number of allylic oxidation sites excluding steroid dienone is 2. The van der Waals surface area contributed by atoms with Crippen molar-refractivity contribution in [3.8, 4) is 6.07 Å². The molecule has 1 aromatic rings. The van der Waals surface area contributed by atoms with Gasteiger partial charge in [0.2, 0.25) is 0 Å². The number of hydrogen-bond donors (Lipinski definition) is 0. The third-order valence-electron chi connectivity index (χ3n) is 9.09. The average Bonchev–Trinajstić information content (AvgIpc) is 3.35. The van der Waals surface area contributed by atoms with Crippen LogP contribution in [0.1, 0.15) is 84.1 Å². The molecule has 0 aliphatic heterocycles. The van der Waals surface area contributed by atoms with E-state index in [0.717, 1.165) is 30.0 Å². The Morgan fingerprint density at radius 1 is 1.27 bits per heavy atom. The SMILES string of the molecule is CC1CCC2(C)C3=CCC4(C)CCCC4C3CCC2C1.N#Cc1cnn(CC=O)c1. The summed E-state index contributed by atoms with van der Waals surface area (Å²) >= 11 is 0. The summed E-state index contributed by atoms with van der Waals surface area (Å²) in [5.41, 5.74) is 3.66. The van der Waals surface area contributed by atoms with Crippen LogP contribution in [0, 0.1) is 45.8 Å². The number of rotatable bonds is 2. The van der Waals surface area contributed by atoms with Gasteiger partial charge in [0.25, 0.3) is 0 Å². The Labute approximate surface area is 181 Å². The van der Waals surface area contributed by atoms with E-state index in [1.807, 2.05) is 11.6 Å². The van der Waals surface area contributed by atoms with Crippen molar-refractivity contribution in [3.05, 3.63) is 29.6 Å². The second kappa shape index (κ2) is 8.33. The maximum absolute atomic E-state index is 9.93. The fourth-order valence-corrected chi connectivity index (χ4v) is 7.33. The zero-order chi connectivity index (χ0) is 21.4. The van der Waals surface area contributed by atoms with Gasteiger partial charge in [-0.1, -0.05) is 38.8 Å². The summed E-state index contributed by atoms with van der Waals surface area (Å²) in [4.78, 5) is 9.93. The summed E-state index contributed by atoms with van der Waals surface area (Å²) in [5.74, 6) is 3.97. The van der Waals surface area contributed by atoms with E-state index >= 15 is 0 Å². The molecule has 1 aromatic heterocycles. The summed E-state index contributed by atoms with van der Waals surface area (Å²) in [6.07, 6.45) is 19.8. The summed E-state index contributed by atoms with van der Waals surface area (Å²) < 4.78 is 1.41. The van der Waals surface area contributed by atoms with Gasteiger partial charge in [0.1, 0.15) is 12.4 Å². The summed E-state index contributed by atoms with van der Waals surface area (Å²) in [6, 6.07) is 1.91. The number of carbonyl (C=O) groups is 1. The van der Waals surface area contributed by atoms with Gasteiger partial charge in [0.05, 0.1) is 18.3 Å². The lowest BCUT2D eigenvalue weighted by Crippen LogP contribution is -2.46. The first-order valence-corrected chi connectivity index (χ1v) is 12.0. The van der Waals surface area contributed by atoms with Crippen LogP contribution >= 0.6 is 0 Å². The lowest BCUT2D eigenvalue weighted by Gasteiger charge is -2.56. The molecule has 3 fully saturated rings. The number of aromatic nitrogens is 2. The maximum Gasteiger partial charge on any atom is 0.141 e. The molecule has 0 saturated heterocycles. The van der Waals surface area contributed by atoms with E-state index < -0.39 is 0 Å². The molecule has 4 heteroatoms. The van der Waals surface area contributed by atoms with Crippen LogP contribution in [0.5, 0.6) is 0 Å². The molecule has 0 spiro atoms. The highest BCUT2D eigenvalue weighted by Gasteiger charge is 2.54. The van der Waals surface area contributed by atoms with Crippen LogP contribution < -0.4 is 0 Å². The first-order valence-electron chi connectivity index (χ1n) is 12.0. The molecular weight excluding hydrogens is 370 g/mol. The standard InChI is InChI=1S/C20H32.C6H5N3O/c1-14-8-12-20(3)15(13-14)6-7-16-17-5-4-10-19(17,2)11-9-18(16)20;7-3-6-4-8-9(5-6)1-2-10/h9,14-17H,4-8,10-13H2,1-3H3;2,4-5H,1H2. The van der Waals surface area contributed by atoms with E-state index in [1.54, 1.807) is 0 Å². The number of nitriles is 1. The smallest absolute Gasteiger partial charge is 0.141 e. The molecule has 162 valence electrons. The van der Waals surface area contributed by atoms with Crippen molar-refractivity contribution >= 4 is 6.29 Å². The molecule has 5 rings (SSSR count). The van der Waals surface area contributed by atoms with Crippen molar-refractivity contribution in [2.45, 2.75) is 85.1 Å². The van der Waals surface area contributed by atoms with Gasteiger partial charge in [-0.2, -0.15) is 10.4 Å². The minimum absolute atomic E-state index is 0.210. The van der Waals surface area contributed by atoms with Crippen LogP contribution in [0.3, 0.4) is 0 Å². The van der Waals surface area contributed by atoms with Gasteiger partial charge < -0.3 is 4.79 Å². The molecule has 1 heterocycles. The lowest BCUT2D eigenvalue weighted by atomic mass is 9.49. The van der Waals surface area contributed by atoms with Crippen molar-refractivity contribution in [2.24, 2.45) is 34.5 Å². The Morgan fingerprint density at radius 3 is 2.83 bits per heavy atom. The first kappa shape index (κ1) is 21.3. The van der Waals surface area contributed by atoms with Gasteiger partial charge in [-0.25, -0.2) is 0 Å². The van der Waals surface area contributed by atoms with Crippen molar-refractivity contribution in [2.75, 3.05) is 0 Å². The zero-order valence-corrected chi connectivity index (χ0v) is 18.9. The van der Waals surface area contributed by atoms with Crippen LogP contribution in [0.15, 0.2) is 24.0 Å². The van der Waals surface area contributed by atoms with Crippen LogP contribution in [-0.2, 0) is 11.3 Å². The minimum atomic E-state index is 0.210. The molecule has 30 heavy (non-hydrogen) atoms. The molecule has 0 radical (unpaired) electrons. The van der Waals surface area contributed by atoms with Crippen LogP contribution in [0.4, 0.5) is 0 Å². The molecule has 0 amide bonds. The molecule has 4 aliphatic carbocycles. The number of hydrogen-bond acceptors (Lipinski definition) is 3. The molecular formula is C26H37N3O. The summed E-state index contributed by atoms with van der Waals surface area (Å²) in [5, 5.41) is 12.1. The summed E-state index contributed by atoms with van der Waals surface area (Å²) in [7, 11) is 0. The largest absolute Gasteiger partial charge is 0.301 e. The maximum atomic E-state index is 9.93. The summed E-state index contributed by atoms with van der Waals surface area (Å²) in [6.45, 7) is 7.92. The van der Waals surface area contributed by atoms with Crippen molar-refractivity contribution in [1.29, 1.82) is 5.26 Å². The second-order valence-electron chi connectivity index (χ2n) is 10.9. The Balaban J connectivity index is 0.000000185. The fraction of sp³-hybridized carbons (Fsp3) is 0.731. The third kappa shape index (κ3) is 3.77. The Hall–Kier alpha value is -1.89. The highest BCUT2D eigenvalue weighted by molar-refractivity contribution is 5.49. The highest BCUT2D eigenvalue weighted by Crippen LogP contribution is 2.64. The molecule has 0 N–H and O–H groups in total. The third-order valence-corrected chi connectivity index (χ3v) is 9.09. The lowest BCUT2D eigenvalue weighted by molar-refractivity contribution is -0.108. The normalized spacial score (nSPS) is 39.3. The Kier molecular flexibility index (Phi) is 5.93. The zero-order valence-electron chi connectivity index (χ0n) is 18.9. The van der Waals surface area contributed by atoms with Crippen LogP contribution in [-0.4, -0.2) is 16.1 Å². The molecule has 6 atom stereocenters. The van der Waals surface area contributed by atoms with Crippen molar-refractivity contribution < 1.29 is 4.79 Å². The van der Waals surface area contributed by atoms with E-state index in [1.165, 1.54) is 74.9 Å². The average molecular weight is 408 g/mol. The van der Waals surface area contributed by atoms with Gasteiger partial charge in [-0.15, -0.1) is 0 Å². The predicted octanol–water partition coefficient (Wildman–Crippen LogP) is 5.93. The molecule has 3 saturated carbocycles. The van der Waals surface area contributed by atoms with E-state index in [9.17, 15) is 4.79 Å². The Bertz CT molecular complexity index is 849.